The van der Waals surface area contributed by atoms with Crippen LogP contribution >= 0.6 is 0 Å². The van der Waals surface area contributed by atoms with Crippen LogP contribution < -0.4 is 15.5 Å². The predicted molar refractivity (Wildman–Crippen MR) is 109 cm³/mol. The highest BCUT2D eigenvalue weighted by molar-refractivity contribution is 5.71. The maximum atomic E-state index is 10.6. The first-order valence-corrected chi connectivity index (χ1v) is 9.90. The van der Waals surface area contributed by atoms with Crippen molar-refractivity contribution in [2.45, 2.75) is 25.3 Å². The molecule has 0 aromatic carbocycles. The average molecular weight is 393 g/mol. The van der Waals surface area contributed by atoms with Crippen molar-refractivity contribution in [3.63, 3.8) is 0 Å². The number of rotatable bonds is 7. The molecule has 9 nitrogen and oxygen atoms in total. The lowest BCUT2D eigenvalue weighted by atomic mass is 10.1. The third kappa shape index (κ3) is 3.86. The van der Waals surface area contributed by atoms with Gasteiger partial charge in [-0.15, -0.1) is 0 Å². The number of hydrogen-bond donors (Lipinski definition) is 2. The number of hydrogen-bond acceptors (Lipinski definition) is 7. The molecule has 9 heteroatoms. The molecule has 1 aliphatic carbocycles. The van der Waals surface area contributed by atoms with Gasteiger partial charge in [-0.3, -0.25) is 4.79 Å². The summed E-state index contributed by atoms with van der Waals surface area (Å²) in [6.07, 6.45) is 8.83. The first-order chi connectivity index (χ1) is 14.3. The van der Waals surface area contributed by atoms with E-state index in [1.165, 1.54) is 30.4 Å². The van der Waals surface area contributed by atoms with Crippen LogP contribution in [0.1, 0.15) is 30.0 Å². The second kappa shape index (κ2) is 7.67. The van der Waals surface area contributed by atoms with Gasteiger partial charge in [0.2, 0.25) is 6.41 Å². The van der Waals surface area contributed by atoms with E-state index in [0.29, 0.717) is 30.5 Å². The molecule has 3 aromatic rings. The van der Waals surface area contributed by atoms with Crippen LogP contribution in [-0.4, -0.2) is 52.1 Å². The van der Waals surface area contributed by atoms with E-state index in [1.807, 2.05) is 0 Å². The van der Waals surface area contributed by atoms with E-state index in [-0.39, 0.29) is 0 Å². The van der Waals surface area contributed by atoms with Gasteiger partial charge in [-0.2, -0.15) is 0 Å². The molecule has 2 fully saturated rings. The maximum absolute atomic E-state index is 10.6. The summed E-state index contributed by atoms with van der Waals surface area (Å²) in [6, 6.07) is 4.00. The summed E-state index contributed by atoms with van der Waals surface area (Å²) in [5, 5.41) is 5.78. The van der Waals surface area contributed by atoms with Gasteiger partial charge >= 0.3 is 0 Å². The van der Waals surface area contributed by atoms with Gasteiger partial charge in [0.1, 0.15) is 18.0 Å². The molecule has 0 atom stereocenters. The van der Waals surface area contributed by atoms with Crippen LogP contribution in [0.2, 0.25) is 0 Å². The number of fused-ring (bicyclic) bond motifs is 1. The molecule has 0 bridgehead atoms. The summed E-state index contributed by atoms with van der Waals surface area (Å²) in [6.45, 7) is 3.80. The fourth-order valence-electron chi connectivity index (χ4n) is 3.69. The molecule has 0 spiro atoms. The van der Waals surface area contributed by atoms with E-state index in [1.54, 1.807) is 6.07 Å². The van der Waals surface area contributed by atoms with Crippen molar-refractivity contribution in [1.82, 2.24) is 19.4 Å². The summed E-state index contributed by atoms with van der Waals surface area (Å²) in [5.74, 6) is 1.76. The number of morpholine rings is 1. The Morgan fingerprint density at radius 1 is 1.14 bits per heavy atom. The number of pyridine rings is 1. The van der Waals surface area contributed by atoms with Crippen LogP contribution in [0, 0.1) is 0 Å². The zero-order valence-electron chi connectivity index (χ0n) is 16.0. The quantitative estimate of drug-likeness (QED) is 0.593. The van der Waals surface area contributed by atoms with Crippen LogP contribution in [0.4, 0.5) is 17.3 Å². The molecule has 3 aromatic heterocycles. The molecule has 1 saturated carbocycles. The number of aromatic nitrogens is 4. The van der Waals surface area contributed by atoms with Crippen molar-refractivity contribution in [2.24, 2.45) is 0 Å². The summed E-state index contributed by atoms with van der Waals surface area (Å²) in [5.41, 5.74) is 4.47. The Bertz CT molecular complexity index is 1020. The molecule has 1 saturated heterocycles. The first kappa shape index (κ1) is 17.9. The number of ether oxygens (including phenoxy) is 1. The lowest BCUT2D eigenvalue weighted by molar-refractivity contribution is -0.105. The molecule has 4 heterocycles. The van der Waals surface area contributed by atoms with Crippen LogP contribution in [0.5, 0.6) is 0 Å². The smallest absolute Gasteiger partial charge is 0.212 e. The summed E-state index contributed by atoms with van der Waals surface area (Å²) < 4.78 is 7.67. The Balaban J connectivity index is 1.41. The van der Waals surface area contributed by atoms with E-state index < -0.39 is 0 Å². The number of carbonyl (C=O) groups excluding carboxylic acids is 1. The lowest BCUT2D eigenvalue weighted by Gasteiger charge is -2.29. The standard InChI is InChI=1S/C20H23N7O2/c28-13-24-19-8-18(22-12-23-19)21-9-16-11-27-10-15(14-1-2-14)7-17(20(27)25-16)26-3-5-29-6-4-26/h7-8,10-14H,1-6,9H2,(H2,21,22,23,24,28). The molecular formula is C20H23N7O2. The highest BCUT2D eigenvalue weighted by atomic mass is 16.5. The highest BCUT2D eigenvalue weighted by Crippen LogP contribution is 2.41. The van der Waals surface area contributed by atoms with Gasteiger partial charge < -0.3 is 24.7 Å². The van der Waals surface area contributed by atoms with Crippen molar-refractivity contribution in [3.05, 3.63) is 42.1 Å². The average Bonchev–Trinajstić information content (AvgIpc) is 3.52. The van der Waals surface area contributed by atoms with Gasteiger partial charge in [0, 0.05) is 31.5 Å². The van der Waals surface area contributed by atoms with Crippen molar-refractivity contribution in [1.29, 1.82) is 0 Å². The Hall–Kier alpha value is -3.20. The molecular weight excluding hydrogens is 370 g/mol. The molecule has 0 radical (unpaired) electrons. The van der Waals surface area contributed by atoms with Crippen LogP contribution in [0.25, 0.3) is 5.65 Å². The Morgan fingerprint density at radius 3 is 2.76 bits per heavy atom. The topological polar surface area (TPSA) is 96.7 Å². The Kier molecular flexibility index (Phi) is 4.73. The number of nitrogens with one attached hydrogen (secondary N) is 2. The first-order valence-electron chi connectivity index (χ1n) is 9.90. The van der Waals surface area contributed by atoms with Gasteiger partial charge in [0.25, 0.3) is 0 Å². The number of imidazole rings is 1. The van der Waals surface area contributed by atoms with E-state index in [2.05, 4.69) is 48.4 Å². The normalized spacial score (nSPS) is 16.8. The largest absolute Gasteiger partial charge is 0.378 e. The molecule has 2 N–H and O–H groups in total. The molecule has 1 aliphatic heterocycles. The number of anilines is 3. The fourth-order valence-corrected chi connectivity index (χ4v) is 3.69. The van der Waals surface area contributed by atoms with Gasteiger partial charge in [-0.05, 0) is 30.4 Å². The molecule has 29 heavy (non-hydrogen) atoms. The van der Waals surface area contributed by atoms with Gasteiger partial charge in [-0.25, -0.2) is 15.0 Å². The van der Waals surface area contributed by atoms with Crippen LogP contribution in [0.15, 0.2) is 30.9 Å². The second-order valence-electron chi connectivity index (χ2n) is 7.40. The summed E-state index contributed by atoms with van der Waals surface area (Å²) in [4.78, 5) is 26.0. The minimum absolute atomic E-state index is 0.455. The second-order valence-corrected chi connectivity index (χ2v) is 7.40. The zero-order valence-corrected chi connectivity index (χ0v) is 16.0. The Labute approximate surface area is 168 Å². The number of carbonyl (C=O) groups is 1. The van der Waals surface area contributed by atoms with E-state index >= 15 is 0 Å². The minimum Gasteiger partial charge on any atom is -0.378 e. The third-order valence-corrected chi connectivity index (χ3v) is 5.33. The zero-order chi connectivity index (χ0) is 19.6. The monoisotopic (exact) mass is 393 g/mol. The van der Waals surface area contributed by atoms with Crippen molar-refractivity contribution in [3.8, 4) is 0 Å². The minimum atomic E-state index is 0.455. The van der Waals surface area contributed by atoms with Gasteiger partial charge in [0.15, 0.2) is 5.65 Å². The predicted octanol–water partition coefficient (Wildman–Crippen LogP) is 2.02. The van der Waals surface area contributed by atoms with Gasteiger partial charge in [-0.1, -0.05) is 0 Å². The highest BCUT2D eigenvalue weighted by Gasteiger charge is 2.26. The van der Waals surface area contributed by atoms with E-state index in [9.17, 15) is 4.79 Å². The third-order valence-electron chi connectivity index (χ3n) is 5.33. The molecule has 5 rings (SSSR count). The summed E-state index contributed by atoms with van der Waals surface area (Å²) in [7, 11) is 0. The van der Waals surface area contributed by atoms with Crippen LogP contribution in [-0.2, 0) is 16.1 Å². The molecule has 0 unspecified atom stereocenters. The molecule has 2 aliphatic rings. The van der Waals surface area contributed by atoms with E-state index in [4.69, 9.17) is 9.72 Å². The molecule has 1 amide bonds. The van der Waals surface area contributed by atoms with Crippen molar-refractivity contribution in [2.75, 3.05) is 41.8 Å². The molecule has 150 valence electrons. The van der Waals surface area contributed by atoms with E-state index in [0.717, 1.165) is 37.6 Å². The number of amides is 1. The fraction of sp³-hybridized carbons (Fsp3) is 0.400. The lowest BCUT2D eigenvalue weighted by Crippen LogP contribution is -2.36. The van der Waals surface area contributed by atoms with Crippen molar-refractivity contribution < 1.29 is 9.53 Å². The number of nitrogens with zero attached hydrogens (tertiary/aromatic N) is 5. The Morgan fingerprint density at radius 2 is 1.97 bits per heavy atom. The van der Waals surface area contributed by atoms with Gasteiger partial charge in [0.05, 0.1) is 31.1 Å². The van der Waals surface area contributed by atoms with Crippen LogP contribution in [0.3, 0.4) is 0 Å². The van der Waals surface area contributed by atoms with Crippen molar-refractivity contribution >= 4 is 29.4 Å². The SMILES string of the molecule is O=CNc1cc(NCc2cn3cc(C4CC4)cc(N4CCOCC4)c3n2)ncn1. The summed E-state index contributed by atoms with van der Waals surface area (Å²) >= 11 is 0. The maximum Gasteiger partial charge on any atom is 0.212 e.